The summed E-state index contributed by atoms with van der Waals surface area (Å²) in [4.78, 5) is 7.65. The molecule has 0 unspecified atom stereocenters. The fourth-order valence-corrected chi connectivity index (χ4v) is 1.31. The molecule has 8 heteroatoms. The number of aliphatic imine (C=N–C) groups is 2. The van der Waals surface area contributed by atoms with Crippen LogP contribution in [0, 0.1) is 0 Å². The highest BCUT2D eigenvalue weighted by atomic mass is 16.5. The first-order valence-electron chi connectivity index (χ1n) is 6.84. The molecule has 0 amide bonds. The van der Waals surface area contributed by atoms with Gasteiger partial charge in [-0.25, -0.2) is 0 Å². The Hall–Kier alpha value is -2.64. The van der Waals surface area contributed by atoms with Crippen molar-refractivity contribution in [2.45, 2.75) is 13.3 Å². The smallest absolute Gasteiger partial charge is 0.186 e. The van der Waals surface area contributed by atoms with Gasteiger partial charge in [0.2, 0.25) is 0 Å². The van der Waals surface area contributed by atoms with Crippen LogP contribution in [0.1, 0.15) is 13.3 Å². The van der Waals surface area contributed by atoms with E-state index in [0.717, 1.165) is 0 Å². The fraction of sp³-hybridized carbons (Fsp3) is 0.429. The van der Waals surface area contributed by atoms with Crippen LogP contribution in [0.15, 0.2) is 46.3 Å². The molecule has 0 bridgehead atoms. The minimum atomic E-state index is 0.0199. The van der Waals surface area contributed by atoms with Gasteiger partial charge in [-0.3, -0.25) is 9.98 Å². The number of rotatable bonds is 11. The molecule has 8 N–H and O–H groups in total. The Kier molecular flexibility index (Phi) is 10.7. The normalized spacial score (nSPS) is 11.0. The molecule has 0 aromatic carbocycles. The van der Waals surface area contributed by atoms with Crippen LogP contribution in [-0.2, 0) is 9.47 Å². The summed E-state index contributed by atoms with van der Waals surface area (Å²) in [7, 11) is 0. The third-order valence-corrected chi connectivity index (χ3v) is 2.26. The molecule has 22 heavy (non-hydrogen) atoms. The number of nitrogens with two attached hydrogens (primary N) is 4. The summed E-state index contributed by atoms with van der Waals surface area (Å²) in [5.74, 6) is 0.982. The van der Waals surface area contributed by atoms with E-state index in [2.05, 4.69) is 16.6 Å². The molecule has 0 aliphatic heterocycles. The predicted octanol–water partition coefficient (Wildman–Crippen LogP) is -0.0698. The van der Waals surface area contributed by atoms with Crippen LogP contribution in [0.5, 0.6) is 0 Å². The maximum Gasteiger partial charge on any atom is 0.186 e. The lowest BCUT2D eigenvalue weighted by atomic mass is 10.3. The second kappa shape index (κ2) is 12.1. The van der Waals surface area contributed by atoms with E-state index in [1.165, 1.54) is 0 Å². The van der Waals surface area contributed by atoms with E-state index < -0.39 is 0 Å². The van der Waals surface area contributed by atoms with Gasteiger partial charge in [-0.15, -0.1) is 0 Å². The van der Waals surface area contributed by atoms with Gasteiger partial charge in [-0.2, -0.15) is 0 Å². The van der Waals surface area contributed by atoms with Crippen molar-refractivity contribution in [2.24, 2.45) is 32.9 Å². The molecule has 124 valence electrons. The van der Waals surface area contributed by atoms with Crippen molar-refractivity contribution in [3.05, 3.63) is 36.3 Å². The Labute approximate surface area is 131 Å². The average molecular weight is 310 g/mol. The minimum absolute atomic E-state index is 0.0199. The molecule has 0 heterocycles. The number of nitrogens with zero attached hydrogens (tertiary/aromatic N) is 2. The summed E-state index contributed by atoms with van der Waals surface area (Å²) >= 11 is 0. The van der Waals surface area contributed by atoms with E-state index in [1.54, 1.807) is 0 Å². The molecule has 0 rings (SSSR count). The molecule has 0 spiro atoms. The van der Waals surface area contributed by atoms with Crippen LogP contribution >= 0.6 is 0 Å². The van der Waals surface area contributed by atoms with Gasteiger partial charge in [0, 0.05) is 0 Å². The second-order valence-corrected chi connectivity index (χ2v) is 4.11. The number of allylic oxidation sites excluding steroid dienone is 3. The van der Waals surface area contributed by atoms with Gasteiger partial charge in [0.25, 0.3) is 0 Å². The van der Waals surface area contributed by atoms with Crippen molar-refractivity contribution < 1.29 is 9.47 Å². The van der Waals surface area contributed by atoms with Crippen molar-refractivity contribution in [1.82, 2.24) is 0 Å². The summed E-state index contributed by atoms with van der Waals surface area (Å²) in [6.45, 7) is 7.08. The van der Waals surface area contributed by atoms with Gasteiger partial charge < -0.3 is 32.4 Å². The van der Waals surface area contributed by atoms with Crippen LogP contribution < -0.4 is 22.9 Å². The monoisotopic (exact) mass is 310 g/mol. The minimum Gasteiger partial charge on any atom is -0.488 e. The van der Waals surface area contributed by atoms with Crippen molar-refractivity contribution in [3.63, 3.8) is 0 Å². The van der Waals surface area contributed by atoms with E-state index in [1.807, 2.05) is 25.2 Å². The predicted molar refractivity (Wildman–Crippen MR) is 89.9 cm³/mol. The Morgan fingerprint density at radius 1 is 1.00 bits per heavy atom. The van der Waals surface area contributed by atoms with Gasteiger partial charge >= 0.3 is 0 Å². The number of hydrogen-bond donors (Lipinski definition) is 4. The van der Waals surface area contributed by atoms with E-state index in [0.29, 0.717) is 44.2 Å². The maximum absolute atomic E-state index is 5.58. The molecule has 0 fully saturated rings. The van der Waals surface area contributed by atoms with Gasteiger partial charge in [0.1, 0.15) is 13.2 Å². The highest BCUT2D eigenvalue weighted by Gasteiger charge is 2.05. The highest BCUT2D eigenvalue weighted by molar-refractivity contribution is 5.75. The summed E-state index contributed by atoms with van der Waals surface area (Å²) in [6, 6.07) is 0. The Bertz CT molecular complexity index is 446. The first-order chi connectivity index (χ1) is 10.5. The highest BCUT2D eigenvalue weighted by Crippen LogP contribution is 2.12. The second-order valence-electron chi connectivity index (χ2n) is 4.11. The van der Waals surface area contributed by atoms with Gasteiger partial charge in [0.05, 0.1) is 13.1 Å². The zero-order valence-electron chi connectivity index (χ0n) is 13.0. The molecular formula is C14H26N6O2. The van der Waals surface area contributed by atoms with Crippen LogP contribution in [0.25, 0.3) is 0 Å². The van der Waals surface area contributed by atoms with E-state index >= 15 is 0 Å². The fourth-order valence-electron chi connectivity index (χ4n) is 1.31. The molecule has 0 atom stereocenters. The molecule has 0 radical (unpaired) electrons. The van der Waals surface area contributed by atoms with Crippen molar-refractivity contribution in [3.8, 4) is 0 Å². The number of guanidine groups is 2. The number of hydrogen-bond acceptors (Lipinski definition) is 4. The van der Waals surface area contributed by atoms with Gasteiger partial charge in [0.15, 0.2) is 23.4 Å². The molecule has 0 saturated carbocycles. The first kappa shape index (κ1) is 19.4. The standard InChI is InChI=1S/C14H26N6O2/c1-3-4-5-6-12(22-10-8-20-14(17)18)11(2)21-9-7-19-13(15)16/h3-4,6H,2,5,7-10H2,1H3,(H4,15,16,19)(H4,17,18,20). The lowest BCUT2D eigenvalue weighted by molar-refractivity contribution is 0.159. The summed E-state index contributed by atoms with van der Waals surface area (Å²) in [6.07, 6.45) is 6.48. The zero-order valence-corrected chi connectivity index (χ0v) is 13.0. The Morgan fingerprint density at radius 2 is 1.55 bits per heavy atom. The lowest BCUT2D eigenvalue weighted by Crippen LogP contribution is -2.23. The topological polar surface area (TPSA) is 147 Å². The quantitative estimate of drug-likeness (QED) is 0.105. The van der Waals surface area contributed by atoms with E-state index in [9.17, 15) is 0 Å². The lowest BCUT2D eigenvalue weighted by Gasteiger charge is -2.13. The summed E-state index contributed by atoms with van der Waals surface area (Å²) < 4.78 is 11.0. The number of ether oxygens (including phenoxy) is 2. The largest absolute Gasteiger partial charge is 0.488 e. The van der Waals surface area contributed by atoms with Crippen LogP contribution in [0.4, 0.5) is 0 Å². The summed E-state index contributed by atoms with van der Waals surface area (Å²) in [5, 5.41) is 0. The average Bonchev–Trinajstić information content (AvgIpc) is 2.45. The van der Waals surface area contributed by atoms with Crippen LogP contribution in [-0.4, -0.2) is 38.2 Å². The van der Waals surface area contributed by atoms with Gasteiger partial charge in [-0.05, 0) is 19.4 Å². The van der Waals surface area contributed by atoms with Crippen molar-refractivity contribution in [1.29, 1.82) is 0 Å². The molecule has 0 aromatic heterocycles. The Morgan fingerprint density at radius 3 is 2.05 bits per heavy atom. The summed E-state index contributed by atoms with van der Waals surface area (Å²) in [5.41, 5.74) is 20.9. The molecular weight excluding hydrogens is 284 g/mol. The molecule has 0 aliphatic carbocycles. The third-order valence-electron chi connectivity index (χ3n) is 2.26. The molecule has 0 aromatic rings. The maximum atomic E-state index is 5.58. The van der Waals surface area contributed by atoms with Crippen molar-refractivity contribution in [2.75, 3.05) is 26.3 Å². The molecule has 8 nitrogen and oxygen atoms in total. The third kappa shape index (κ3) is 11.2. The van der Waals surface area contributed by atoms with Crippen LogP contribution in [0.2, 0.25) is 0 Å². The Balaban J connectivity index is 4.43. The molecule has 0 aliphatic rings. The van der Waals surface area contributed by atoms with Crippen molar-refractivity contribution >= 4 is 11.9 Å². The van der Waals surface area contributed by atoms with E-state index in [4.69, 9.17) is 32.4 Å². The zero-order chi connectivity index (χ0) is 16.8. The molecule has 0 saturated heterocycles. The SMILES string of the molecule is C=C(OCCN=C(N)N)C(=CCC=CC)OCCN=C(N)N. The first-order valence-corrected chi connectivity index (χ1v) is 6.84. The van der Waals surface area contributed by atoms with E-state index in [-0.39, 0.29) is 11.9 Å². The van der Waals surface area contributed by atoms with Gasteiger partial charge in [-0.1, -0.05) is 18.7 Å². The van der Waals surface area contributed by atoms with Crippen LogP contribution in [0.3, 0.4) is 0 Å².